The van der Waals surface area contributed by atoms with Crippen molar-refractivity contribution in [3.63, 3.8) is 0 Å². The molecular weight excluding hydrogens is 228 g/mol. The Morgan fingerprint density at radius 1 is 1.50 bits per heavy atom. The van der Waals surface area contributed by atoms with Crippen LogP contribution in [0.1, 0.15) is 19.3 Å². The van der Waals surface area contributed by atoms with Crippen molar-refractivity contribution >= 4 is 18.3 Å². The van der Waals surface area contributed by atoms with Crippen LogP contribution in [-0.2, 0) is 9.53 Å². The summed E-state index contributed by atoms with van der Waals surface area (Å²) in [4.78, 5) is 11.9. The number of rotatable bonds is 5. The molecule has 0 spiro atoms. The van der Waals surface area contributed by atoms with Crippen molar-refractivity contribution in [2.75, 3.05) is 26.8 Å². The summed E-state index contributed by atoms with van der Waals surface area (Å²) in [5, 5.41) is 6.33. The van der Waals surface area contributed by atoms with Gasteiger partial charge in [0.2, 0.25) is 5.91 Å². The minimum Gasteiger partial charge on any atom is -0.383 e. The highest BCUT2D eigenvalue weighted by Crippen LogP contribution is 2.32. The van der Waals surface area contributed by atoms with Gasteiger partial charge in [-0.3, -0.25) is 4.79 Å². The van der Waals surface area contributed by atoms with Gasteiger partial charge in [-0.05, 0) is 31.7 Å². The van der Waals surface area contributed by atoms with Crippen LogP contribution in [0, 0.1) is 11.8 Å². The van der Waals surface area contributed by atoms with Gasteiger partial charge >= 0.3 is 0 Å². The number of hydrogen-bond donors (Lipinski definition) is 2. The second-order valence-corrected chi connectivity index (χ2v) is 4.60. The Balaban J connectivity index is 0.00000128. The van der Waals surface area contributed by atoms with Gasteiger partial charge in [-0.25, -0.2) is 0 Å². The SMILES string of the molecule is COCC(NC(=O)C1CCNC1)C1CC1.Cl. The van der Waals surface area contributed by atoms with E-state index in [4.69, 9.17) is 4.74 Å². The van der Waals surface area contributed by atoms with Crippen LogP contribution in [0.3, 0.4) is 0 Å². The van der Waals surface area contributed by atoms with Crippen LogP contribution in [0.25, 0.3) is 0 Å². The molecule has 0 aromatic rings. The van der Waals surface area contributed by atoms with Crippen molar-refractivity contribution in [1.29, 1.82) is 0 Å². The fourth-order valence-electron chi connectivity index (χ4n) is 2.15. The number of carbonyl (C=O) groups is 1. The van der Waals surface area contributed by atoms with E-state index in [9.17, 15) is 4.79 Å². The van der Waals surface area contributed by atoms with Crippen LogP contribution < -0.4 is 10.6 Å². The quantitative estimate of drug-likeness (QED) is 0.748. The van der Waals surface area contributed by atoms with Crippen molar-refractivity contribution in [2.24, 2.45) is 11.8 Å². The largest absolute Gasteiger partial charge is 0.383 e. The first-order valence-corrected chi connectivity index (χ1v) is 5.81. The molecule has 5 heteroatoms. The lowest BCUT2D eigenvalue weighted by Crippen LogP contribution is -2.43. The average molecular weight is 249 g/mol. The Bertz CT molecular complexity index is 228. The Kier molecular flexibility index (Phi) is 5.52. The van der Waals surface area contributed by atoms with Crippen molar-refractivity contribution in [3.8, 4) is 0 Å². The predicted octanol–water partition coefficient (Wildman–Crippen LogP) is 0.559. The monoisotopic (exact) mass is 248 g/mol. The normalized spacial score (nSPS) is 25.9. The maximum Gasteiger partial charge on any atom is 0.224 e. The molecule has 0 aromatic carbocycles. The Morgan fingerprint density at radius 2 is 2.25 bits per heavy atom. The molecule has 1 aliphatic carbocycles. The van der Waals surface area contributed by atoms with Gasteiger partial charge in [0.05, 0.1) is 18.6 Å². The number of methoxy groups -OCH3 is 1. The molecule has 1 amide bonds. The number of nitrogens with one attached hydrogen (secondary N) is 2. The van der Waals surface area contributed by atoms with Crippen molar-refractivity contribution < 1.29 is 9.53 Å². The van der Waals surface area contributed by atoms with Crippen LogP contribution >= 0.6 is 12.4 Å². The minimum absolute atomic E-state index is 0. The molecule has 2 aliphatic rings. The molecule has 1 saturated carbocycles. The summed E-state index contributed by atoms with van der Waals surface area (Å²) in [5.74, 6) is 1.03. The number of ether oxygens (including phenoxy) is 1. The molecule has 0 radical (unpaired) electrons. The third-order valence-electron chi connectivity index (χ3n) is 3.30. The maximum atomic E-state index is 11.9. The molecule has 2 rings (SSSR count). The van der Waals surface area contributed by atoms with Gasteiger partial charge in [-0.2, -0.15) is 0 Å². The average Bonchev–Trinajstić information content (AvgIpc) is 2.92. The predicted molar refractivity (Wildman–Crippen MR) is 64.8 cm³/mol. The van der Waals surface area contributed by atoms with E-state index < -0.39 is 0 Å². The number of halogens is 1. The van der Waals surface area contributed by atoms with Crippen LogP contribution in [0.15, 0.2) is 0 Å². The van der Waals surface area contributed by atoms with Crippen LogP contribution in [0.2, 0.25) is 0 Å². The zero-order valence-corrected chi connectivity index (χ0v) is 10.5. The van der Waals surface area contributed by atoms with E-state index in [1.54, 1.807) is 7.11 Å². The summed E-state index contributed by atoms with van der Waals surface area (Å²) in [6, 6.07) is 0.239. The van der Waals surface area contributed by atoms with E-state index in [0.717, 1.165) is 19.5 Å². The topological polar surface area (TPSA) is 50.4 Å². The molecule has 2 atom stereocenters. The molecule has 2 N–H and O–H groups in total. The summed E-state index contributed by atoms with van der Waals surface area (Å²) in [6.45, 7) is 2.45. The summed E-state index contributed by atoms with van der Waals surface area (Å²) < 4.78 is 5.14. The summed E-state index contributed by atoms with van der Waals surface area (Å²) in [5.41, 5.74) is 0. The summed E-state index contributed by atoms with van der Waals surface area (Å²) in [6.07, 6.45) is 3.44. The molecular formula is C11H21ClN2O2. The van der Waals surface area contributed by atoms with Gasteiger partial charge in [0.25, 0.3) is 0 Å². The van der Waals surface area contributed by atoms with Gasteiger partial charge < -0.3 is 15.4 Å². The minimum atomic E-state index is 0. The van der Waals surface area contributed by atoms with Gasteiger partial charge in [-0.15, -0.1) is 12.4 Å². The van der Waals surface area contributed by atoms with Gasteiger partial charge in [0.1, 0.15) is 0 Å². The first-order chi connectivity index (χ1) is 7.31. The lowest BCUT2D eigenvalue weighted by atomic mass is 10.1. The van der Waals surface area contributed by atoms with E-state index in [1.165, 1.54) is 12.8 Å². The molecule has 94 valence electrons. The van der Waals surface area contributed by atoms with Crippen molar-refractivity contribution in [1.82, 2.24) is 10.6 Å². The second-order valence-electron chi connectivity index (χ2n) is 4.60. The lowest BCUT2D eigenvalue weighted by Gasteiger charge is -2.19. The first-order valence-electron chi connectivity index (χ1n) is 5.81. The Labute approximate surface area is 103 Å². The van der Waals surface area contributed by atoms with Gasteiger partial charge in [0.15, 0.2) is 0 Å². The van der Waals surface area contributed by atoms with Crippen LogP contribution in [0.5, 0.6) is 0 Å². The number of carbonyl (C=O) groups excluding carboxylic acids is 1. The van der Waals surface area contributed by atoms with Gasteiger partial charge in [-0.1, -0.05) is 0 Å². The highest BCUT2D eigenvalue weighted by Gasteiger charge is 2.34. The number of hydrogen-bond acceptors (Lipinski definition) is 3. The van der Waals surface area contributed by atoms with E-state index >= 15 is 0 Å². The zero-order valence-electron chi connectivity index (χ0n) is 9.70. The van der Waals surface area contributed by atoms with Gasteiger partial charge in [0, 0.05) is 13.7 Å². The van der Waals surface area contributed by atoms with Crippen molar-refractivity contribution in [2.45, 2.75) is 25.3 Å². The van der Waals surface area contributed by atoms with Crippen LogP contribution in [0.4, 0.5) is 0 Å². The van der Waals surface area contributed by atoms with E-state index in [2.05, 4.69) is 10.6 Å². The number of amides is 1. The van der Waals surface area contributed by atoms with Crippen molar-refractivity contribution in [3.05, 3.63) is 0 Å². The summed E-state index contributed by atoms with van der Waals surface area (Å²) in [7, 11) is 1.69. The zero-order chi connectivity index (χ0) is 10.7. The standard InChI is InChI=1S/C11H20N2O2.ClH/c1-15-7-10(8-2-3-8)13-11(14)9-4-5-12-6-9;/h8-10,12H,2-7H2,1H3,(H,13,14);1H. The van der Waals surface area contributed by atoms with E-state index in [-0.39, 0.29) is 30.3 Å². The third-order valence-corrected chi connectivity index (χ3v) is 3.30. The molecule has 16 heavy (non-hydrogen) atoms. The fraction of sp³-hybridized carbons (Fsp3) is 0.909. The maximum absolute atomic E-state index is 11.9. The lowest BCUT2D eigenvalue weighted by molar-refractivity contribution is -0.125. The fourth-order valence-corrected chi connectivity index (χ4v) is 2.15. The Hall–Kier alpha value is -0.320. The molecule has 1 saturated heterocycles. The molecule has 0 bridgehead atoms. The highest BCUT2D eigenvalue weighted by atomic mass is 35.5. The molecule has 4 nitrogen and oxygen atoms in total. The second kappa shape index (κ2) is 6.42. The molecule has 0 aromatic heterocycles. The summed E-state index contributed by atoms with van der Waals surface area (Å²) >= 11 is 0. The first kappa shape index (κ1) is 13.7. The smallest absolute Gasteiger partial charge is 0.224 e. The molecule has 1 aliphatic heterocycles. The highest BCUT2D eigenvalue weighted by molar-refractivity contribution is 5.85. The molecule has 2 unspecified atom stereocenters. The third kappa shape index (κ3) is 3.61. The molecule has 1 heterocycles. The Morgan fingerprint density at radius 3 is 2.75 bits per heavy atom. The molecule has 2 fully saturated rings. The van der Waals surface area contributed by atoms with E-state index in [0.29, 0.717) is 12.5 Å². The van der Waals surface area contributed by atoms with E-state index in [1.807, 2.05) is 0 Å². The van der Waals surface area contributed by atoms with Crippen LogP contribution in [-0.4, -0.2) is 38.8 Å².